The highest BCUT2D eigenvalue weighted by Crippen LogP contribution is 2.22. The maximum Gasteiger partial charge on any atom is 0.262 e. The first kappa shape index (κ1) is 14.5. The molecule has 0 spiro atoms. The van der Waals surface area contributed by atoms with Gasteiger partial charge in [-0.1, -0.05) is 11.6 Å². The molecule has 0 atom stereocenters. The van der Waals surface area contributed by atoms with E-state index >= 15 is 0 Å². The summed E-state index contributed by atoms with van der Waals surface area (Å²) in [7, 11) is -2.19. The van der Waals surface area contributed by atoms with Crippen molar-refractivity contribution in [2.75, 3.05) is 17.1 Å². The minimum absolute atomic E-state index is 0.0206. The van der Waals surface area contributed by atoms with E-state index in [1.54, 1.807) is 7.05 Å². The second-order valence-electron chi connectivity index (χ2n) is 3.86. The molecule has 2 rings (SSSR count). The second-order valence-corrected chi connectivity index (χ2v) is 5.95. The summed E-state index contributed by atoms with van der Waals surface area (Å²) >= 11 is 5.54. The third-order valence-corrected chi connectivity index (χ3v) is 4.16. The van der Waals surface area contributed by atoms with Crippen LogP contribution in [0.5, 0.6) is 0 Å². The molecule has 5 nitrogen and oxygen atoms in total. The number of halogens is 2. The van der Waals surface area contributed by atoms with Crippen LogP contribution in [0.4, 0.5) is 15.9 Å². The Bertz CT molecular complexity index is 737. The molecule has 2 N–H and O–H groups in total. The van der Waals surface area contributed by atoms with E-state index in [1.807, 2.05) is 0 Å². The van der Waals surface area contributed by atoms with Crippen molar-refractivity contribution in [1.82, 2.24) is 4.98 Å². The Kier molecular flexibility index (Phi) is 4.10. The molecule has 20 heavy (non-hydrogen) atoms. The van der Waals surface area contributed by atoms with Gasteiger partial charge in [0.15, 0.2) is 0 Å². The van der Waals surface area contributed by atoms with E-state index in [0.717, 1.165) is 6.07 Å². The zero-order chi connectivity index (χ0) is 14.8. The molecule has 0 aliphatic carbocycles. The van der Waals surface area contributed by atoms with Crippen LogP contribution in [0.25, 0.3) is 0 Å². The highest BCUT2D eigenvalue weighted by Gasteiger charge is 2.15. The van der Waals surface area contributed by atoms with Gasteiger partial charge in [-0.15, -0.1) is 0 Å². The molecule has 0 radical (unpaired) electrons. The first-order valence-corrected chi connectivity index (χ1v) is 7.40. The van der Waals surface area contributed by atoms with Gasteiger partial charge < -0.3 is 5.32 Å². The van der Waals surface area contributed by atoms with Gasteiger partial charge in [-0.3, -0.25) is 4.72 Å². The molecule has 0 saturated heterocycles. The SMILES string of the molecule is CNc1cc(S(=O)(=O)Nc2ccc(Cl)c(F)c2)ccn1. The van der Waals surface area contributed by atoms with E-state index in [1.165, 1.54) is 30.5 Å². The number of sulfonamides is 1. The predicted octanol–water partition coefficient (Wildman–Crippen LogP) is 2.72. The van der Waals surface area contributed by atoms with Crippen LogP contribution in [0.15, 0.2) is 41.4 Å². The molecule has 0 aliphatic rings. The molecule has 0 bridgehead atoms. The predicted molar refractivity (Wildman–Crippen MR) is 76.0 cm³/mol. The summed E-state index contributed by atoms with van der Waals surface area (Å²) in [4.78, 5) is 3.94. The quantitative estimate of drug-likeness (QED) is 0.910. The van der Waals surface area contributed by atoms with Crippen LogP contribution in [0.1, 0.15) is 0 Å². The zero-order valence-electron chi connectivity index (χ0n) is 10.4. The number of nitrogens with zero attached hydrogens (tertiary/aromatic N) is 1. The normalized spacial score (nSPS) is 11.2. The number of hydrogen-bond donors (Lipinski definition) is 2. The smallest absolute Gasteiger partial charge is 0.262 e. The molecule has 1 heterocycles. The highest BCUT2D eigenvalue weighted by atomic mass is 35.5. The molecular weight excluding hydrogens is 305 g/mol. The maximum absolute atomic E-state index is 13.3. The van der Waals surface area contributed by atoms with Crippen molar-refractivity contribution in [2.45, 2.75) is 4.90 Å². The first-order chi connectivity index (χ1) is 9.42. The highest BCUT2D eigenvalue weighted by molar-refractivity contribution is 7.92. The molecule has 0 amide bonds. The monoisotopic (exact) mass is 315 g/mol. The van der Waals surface area contributed by atoms with Crippen molar-refractivity contribution in [2.24, 2.45) is 0 Å². The number of pyridine rings is 1. The summed E-state index contributed by atoms with van der Waals surface area (Å²) in [6, 6.07) is 6.38. The lowest BCUT2D eigenvalue weighted by atomic mass is 10.3. The fourth-order valence-electron chi connectivity index (χ4n) is 1.49. The number of hydrogen-bond acceptors (Lipinski definition) is 4. The molecule has 0 saturated carbocycles. The Morgan fingerprint density at radius 3 is 2.65 bits per heavy atom. The number of anilines is 2. The van der Waals surface area contributed by atoms with Gasteiger partial charge in [-0.05, 0) is 24.3 Å². The van der Waals surface area contributed by atoms with Crippen LogP contribution in [0.2, 0.25) is 5.02 Å². The Balaban J connectivity index is 2.32. The molecule has 1 aromatic heterocycles. The van der Waals surface area contributed by atoms with Crippen LogP contribution in [-0.2, 0) is 10.0 Å². The lowest BCUT2D eigenvalue weighted by Crippen LogP contribution is -2.13. The average molecular weight is 316 g/mol. The van der Waals surface area contributed by atoms with Crippen LogP contribution < -0.4 is 10.0 Å². The summed E-state index contributed by atoms with van der Waals surface area (Å²) in [6.07, 6.45) is 1.36. The van der Waals surface area contributed by atoms with Crippen molar-refractivity contribution in [1.29, 1.82) is 0 Å². The molecule has 0 unspecified atom stereocenters. The third-order valence-electron chi connectivity index (χ3n) is 2.47. The number of aromatic nitrogens is 1. The van der Waals surface area contributed by atoms with Crippen LogP contribution >= 0.6 is 11.6 Å². The van der Waals surface area contributed by atoms with Gasteiger partial charge in [0.25, 0.3) is 10.0 Å². The molecule has 106 valence electrons. The van der Waals surface area contributed by atoms with Gasteiger partial charge in [0.05, 0.1) is 15.6 Å². The second kappa shape index (κ2) is 5.64. The van der Waals surface area contributed by atoms with Gasteiger partial charge in [0.1, 0.15) is 11.6 Å². The largest absolute Gasteiger partial charge is 0.373 e. The van der Waals surface area contributed by atoms with E-state index in [4.69, 9.17) is 11.6 Å². The standard InChI is InChI=1S/C12H11ClFN3O2S/c1-15-12-7-9(4-5-16-12)20(18,19)17-8-2-3-10(13)11(14)6-8/h2-7,17H,1H3,(H,15,16). The van der Waals surface area contributed by atoms with Gasteiger partial charge in [-0.2, -0.15) is 0 Å². The summed E-state index contributed by atoms with van der Waals surface area (Å²) < 4.78 is 39.8. The van der Waals surface area contributed by atoms with E-state index in [9.17, 15) is 12.8 Å². The molecule has 1 aromatic carbocycles. The van der Waals surface area contributed by atoms with Crippen LogP contribution in [-0.4, -0.2) is 20.4 Å². The van der Waals surface area contributed by atoms with E-state index in [2.05, 4.69) is 15.0 Å². The first-order valence-electron chi connectivity index (χ1n) is 5.54. The van der Waals surface area contributed by atoms with E-state index < -0.39 is 15.8 Å². The average Bonchev–Trinajstić information content (AvgIpc) is 2.43. The fraction of sp³-hybridized carbons (Fsp3) is 0.0833. The van der Waals surface area contributed by atoms with Crippen molar-refractivity contribution < 1.29 is 12.8 Å². The molecule has 0 fully saturated rings. The summed E-state index contributed by atoms with van der Waals surface area (Å²) in [5.41, 5.74) is 0.0923. The Labute approximate surface area is 120 Å². The van der Waals surface area contributed by atoms with Gasteiger partial charge >= 0.3 is 0 Å². The van der Waals surface area contributed by atoms with E-state index in [0.29, 0.717) is 5.82 Å². The number of nitrogens with one attached hydrogen (secondary N) is 2. The topological polar surface area (TPSA) is 71.1 Å². The van der Waals surface area contributed by atoms with Gasteiger partial charge in [0.2, 0.25) is 0 Å². The van der Waals surface area contributed by atoms with Gasteiger partial charge in [0, 0.05) is 19.3 Å². The lowest BCUT2D eigenvalue weighted by Gasteiger charge is -2.09. The fourth-order valence-corrected chi connectivity index (χ4v) is 2.67. The number of benzene rings is 1. The molecular formula is C12H11ClFN3O2S. The van der Waals surface area contributed by atoms with Crippen molar-refractivity contribution in [3.05, 3.63) is 47.4 Å². The summed E-state index contributed by atoms with van der Waals surface area (Å²) in [6.45, 7) is 0. The summed E-state index contributed by atoms with van der Waals surface area (Å²) in [5, 5.41) is 2.66. The van der Waals surface area contributed by atoms with Crippen molar-refractivity contribution in [3.8, 4) is 0 Å². The zero-order valence-corrected chi connectivity index (χ0v) is 12.0. The van der Waals surface area contributed by atoms with Gasteiger partial charge in [-0.25, -0.2) is 17.8 Å². The third kappa shape index (κ3) is 3.17. The molecule has 8 heteroatoms. The maximum atomic E-state index is 13.3. The van der Waals surface area contributed by atoms with Crippen LogP contribution in [0.3, 0.4) is 0 Å². The molecule has 2 aromatic rings. The minimum atomic E-state index is -3.82. The number of rotatable bonds is 4. The molecule has 0 aliphatic heterocycles. The van der Waals surface area contributed by atoms with Crippen LogP contribution in [0, 0.1) is 5.82 Å². The Morgan fingerprint density at radius 1 is 1.25 bits per heavy atom. The Morgan fingerprint density at radius 2 is 2.00 bits per heavy atom. The lowest BCUT2D eigenvalue weighted by molar-refractivity contribution is 0.601. The van der Waals surface area contributed by atoms with Crippen molar-refractivity contribution in [3.63, 3.8) is 0 Å². The minimum Gasteiger partial charge on any atom is -0.373 e. The van der Waals surface area contributed by atoms with E-state index in [-0.39, 0.29) is 15.6 Å². The van der Waals surface area contributed by atoms with Crippen molar-refractivity contribution >= 4 is 33.1 Å². The Hall–Kier alpha value is -1.86. The summed E-state index contributed by atoms with van der Waals surface area (Å²) in [5.74, 6) is -0.285.